The van der Waals surface area contributed by atoms with Gasteiger partial charge in [0, 0.05) is 0 Å². The van der Waals surface area contributed by atoms with Crippen LogP contribution in [-0.4, -0.2) is 18.5 Å². The third kappa shape index (κ3) is 1.25. The molecule has 62 valence electrons. The van der Waals surface area contributed by atoms with Crippen molar-refractivity contribution >= 4 is 5.91 Å². The number of nitrogens with two attached hydrogens (primary N) is 1. The first-order valence-corrected chi connectivity index (χ1v) is 4.25. The second kappa shape index (κ2) is 2.21. The third-order valence-electron chi connectivity index (χ3n) is 2.98. The summed E-state index contributed by atoms with van der Waals surface area (Å²) in [7, 11) is 0. The summed E-state index contributed by atoms with van der Waals surface area (Å²) in [5, 5.41) is 3.14. The molecule has 1 amide bonds. The molecule has 0 aromatic rings. The smallest absolute Gasteiger partial charge is 0.234 e. The molecule has 1 unspecified atom stereocenters. The maximum atomic E-state index is 10.8. The molecule has 2 rings (SSSR count). The van der Waals surface area contributed by atoms with Gasteiger partial charge in [-0.15, -0.1) is 0 Å². The lowest BCUT2D eigenvalue weighted by molar-refractivity contribution is -0.121. The van der Waals surface area contributed by atoms with Crippen LogP contribution in [0.1, 0.15) is 25.7 Å². The molecule has 0 aromatic heterocycles. The summed E-state index contributed by atoms with van der Waals surface area (Å²) >= 11 is 0. The molecule has 1 heterocycles. The van der Waals surface area contributed by atoms with Gasteiger partial charge in [-0.05, 0) is 37.6 Å². The van der Waals surface area contributed by atoms with Crippen molar-refractivity contribution in [1.82, 2.24) is 5.32 Å². The average Bonchev–Trinajstić information content (AvgIpc) is 2.69. The first kappa shape index (κ1) is 7.10. The quantitative estimate of drug-likeness (QED) is 0.558. The van der Waals surface area contributed by atoms with Crippen LogP contribution in [0.3, 0.4) is 0 Å². The summed E-state index contributed by atoms with van der Waals surface area (Å²) in [4.78, 5) is 10.8. The minimum atomic E-state index is -0.184. The maximum absolute atomic E-state index is 10.8. The SMILES string of the molecule is NC(=O)C1CC2(CCN1)CC2. The molecule has 0 radical (unpaired) electrons. The topological polar surface area (TPSA) is 55.1 Å². The van der Waals surface area contributed by atoms with E-state index >= 15 is 0 Å². The zero-order chi connectivity index (χ0) is 7.90. The molecule has 1 aliphatic carbocycles. The molecule has 1 saturated heterocycles. The third-order valence-corrected chi connectivity index (χ3v) is 2.98. The molecule has 1 atom stereocenters. The fourth-order valence-corrected chi connectivity index (χ4v) is 1.95. The number of primary amides is 1. The van der Waals surface area contributed by atoms with Gasteiger partial charge < -0.3 is 11.1 Å². The zero-order valence-corrected chi connectivity index (χ0v) is 6.60. The van der Waals surface area contributed by atoms with E-state index in [0.717, 1.165) is 13.0 Å². The van der Waals surface area contributed by atoms with Crippen LogP contribution in [0.5, 0.6) is 0 Å². The molecule has 0 bridgehead atoms. The van der Waals surface area contributed by atoms with Crippen LogP contribution in [0.2, 0.25) is 0 Å². The van der Waals surface area contributed by atoms with Gasteiger partial charge in [0.1, 0.15) is 0 Å². The molecule has 1 spiro atoms. The van der Waals surface area contributed by atoms with E-state index in [4.69, 9.17) is 5.73 Å². The highest BCUT2D eigenvalue weighted by atomic mass is 16.1. The van der Waals surface area contributed by atoms with Gasteiger partial charge in [-0.2, -0.15) is 0 Å². The van der Waals surface area contributed by atoms with Crippen LogP contribution in [0, 0.1) is 5.41 Å². The van der Waals surface area contributed by atoms with E-state index < -0.39 is 0 Å². The maximum Gasteiger partial charge on any atom is 0.234 e. The minimum Gasteiger partial charge on any atom is -0.368 e. The molecular weight excluding hydrogens is 140 g/mol. The van der Waals surface area contributed by atoms with E-state index in [0.29, 0.717) is 5.41 Å². The van der Waals surface area contributed by atoms with Gasteiger partial charge in [0.15, 0.2) is 0 Å². The Balaban J connectivity index is 1.98. The molecule has 3 N–H and O–H groups in total. The van der Waals surface area contributed by atoms with Gasteiger partial charge >= 0.3 is 0 Å². The van der Waals surface area contributed by atoms with Gasteiger partial charge in [0.2, 0.25) is 5.91 Å². The largest absolute Gasteiger partial charge is 0.368 e. The summed E-state index contributed by atoms with van der Waals surface area (Å²) in [6.45, 7) is 0.966. The van der Waals surface area contributed by atoms with Gasteiger partial charge in [-0.3, -0.25) is 4.79 Å². The van der Waals surface area contributed by atoms with Crippen molar-refractivity contribution in [2.75, 3.05) is 6.54 Å². The van der Waals surface area contributed by atoms with Crippen LogP contribution >= 0.6 is 0 Å². The molecule has 0 aromatic carbocycles. The number of carbonyl (C=O) groups excluding carboxylic acids is 1. The summed E-state index contributed by atoms with van der Waals surface area (Å²) < 4.78 is 0. The highest BCUT2D eigenvalue weighted by Crippen LogP contribution is 2.53. The highest BCUT2D eigenvalue weighted by Gasteiger charge is 2.46. The van der Waals surface area contributed by atoms with E-state index in [1.54, 1.807) is 0 Å². The minimum absolute atomic E-state index is 0.0498. The Hall–Kier alpha value is -0.570. The molecule has 3 heteroatoms. The monoisotopic (exact) mass is 154 g/mol. The molecule has 1 saturated carbocycles. The fourth-order valence-electron chi connectivity index (χ4n) is 1.95. The second-order valence-electron chi connectivity index (χ2n) is 3.86. The van der Waals surface area contributed by atoms with Gasteiger partial charge in [0.05, 0.1) is 6.04 Å². The predicted molar refractivity (Wildman–Crippen MR) is 41.9 cm³/mol. The van der Waals surface area contributed by atoms with Crippen molar-refractivity contribution in [1.29, 1.82) is 0 Å². The Bertz CT molecular complexity index is 187. The van der Waals surface area contributed by atoms with Crippen molar-refractivity contribution in [3.8, 4) is 0 Å². The van der Waals surface area contributed by atoms with Crippen LogP contribution < -0.4 is 11.1 Å². The summed E-state index contributed by atoms with van der Waals surface area (Å²) in [5.41, 5.74) is 5.73. The zero-order valence-electron chi connectivity index (χ0n) is 6.60. The number of hydrogen-bond donors (Lipinski definition) is 2. The molecule has 2 aliphatic rings. The van der Waals surface area contributed by atoms with E-state index in [-0.39, 0.29) is 11.9 Å². The van der Waals surface area contributed by atoms with E-state index in [9.17, 15) is 4.79 Å². The van der Waals surface area contributed by atoms with Crippen molar-refractivity contribution in [2.45, 2.75) is 31.7 Å². The van der Waals surface area contributed by atoms with Crippen molar-refractivity contribution in [3.63, 3.8) is 0 Å². The van der Waals surface area contributed by atoms with E-state index in [2.05, 4.69) is 5.32 Å². The van der Waals surface area contributed by atoms with Gasteiger partial charge in [-0.25, -0.2) is 0 Å². The Kier molecular flexibility index (Phi) is 1.42. The predicted octanol–water partition coefficient (Wildman–Crippen LogP) is 0.00390. The second-order valence-corrected chi connectivity index (χ2v) is 3.86. The van der Waals surface area contributed by atoms with Gasteiger partial charge in [-0.1, -0.05) is 0 Å². The lowest BCUT2D eigenvalue weighted by atomic mass is 9.89. The fraction of sp³-hybridized carbons (Fsp3) is 0.875. The summed E-state index contributed by atoms with van der Waals surface area (Å²) in [5.74, 6) is -0.184. The number of piperidine rings is 1. The highest BCUT2D eigenvalue weighted by molar-refractivity contribution is 5.80. The van der Waals surface area contributed by atoms with Crippen molar-refractivity contribution < 1.29 is 4.79 Å². The lowest BCUT2D eigenvalue weighted by Crippen LogP contribution is -2.47. The molecule has 3 nitrogen and oxygen atoms in total. The molecule has 2 fully saturated rings. The lowest BCUT2D eigenvalue weighted by Gasteiger charge is -2.28. The van der Waals surface area contributed by atoms with Crippen molar-refractivity contribution in [2.24, 2.45) is 11.1 Å². The first-order chi connectivity index (χ1) is 5.22. The Labute approximate surface area is 66.3 Å². The van der Waals surface area contributed by atoms with Crippen LogP contribution in [0.4, 0.5) is 0 Å². The van der Waals surface area contributed by atoms with E-state index in [1.807, 2.05) is 0 Å². The molecule has 11 heavy (non-hydrogen) atoms. The van der Waals surface area contributed by atoms with Crippen LogP contribution in [-0.2, 0) is 4.79 Å². The Morgan fingerprint density at radius 1 is 1.45 bits per heavy atom. The number of nitrogens with one attached hydrogen (secondary N) is 1. The van der Waals surface area contributed by atoms with Gasteiger partial charge in [0.25, 0.3) is 0 Å². The van der Waals surface area contributed by atoms with Crippen molar-refractivity contribution in [3.05, 3.63) is 0 Å². The number of amides is 1. The van der Waals surface area contributed by atoms with Crippen LogP contribution in [0.15, 0.2) is 0 Å². The summed E-state index contributed by atoms with van der Waals surface area (Å²) in [6.07, 6.45) is 4.82. The summed E-state index contributed by atoms with van der Waals surface area (Å²) in [6, 6.07) is -0.0498. The number of rotatable bonds is 1. The number of hydrogen-bond acceptors (Lipinski definition) is 2. The van der Waals surface area contributed by atoms with E-state index in [1.165, 1.54) is 19.3 Å². The molecule has 1 aliphatic heterocycles. The number of carbonyl (C=O) groups is 1. The standard InChI is InChI=1S/C8H14N2O/c9-7(11)6-5-8(1-2-8)3-4-10-6/h6,10H,1-5H2,(H2,9,11). The normalized spacial score (nSPS) is 33.6. The first-order valence-electron chi connectivity index (χ1n) is 4.25. The Morgan fingerprint density at radius 3 is 2.73 bits per heavy atom. The Morgan fingerprint density at radius 2 is 2.18 bits per heavy atom. The van der Waals surface area contributed by atoms with Crippen LogP contribution in [0.25, 0.3) is 0 Å². The average molecular weight is 154 g/mol. The molecular formula is C8H14N2O.